The predicted octanol–water partition coefficient (Wildman–Crippen LogP) is 1.65. The zero-order valence-corrected chi connectivity index (χ0v) is 11.1. The standard InChI is InChI=1S/C14H25NO2/c1-3-15(4-2)11-7-8-12-17-14-10-6-5-9-13(14)16/h13-14,16H,3-6,9-12H2,1-2H3. The number of nitrogens with zero attached hydrogens (tertiary/aromatic N) is 1. The highest BCUT2D eigenvalue weighted by Gasteiger charge is 2.22. The van der Waals surface area contributed by atoms with Crippen LogP contribution >= 0.6 is 0 Å². The van der Waals surface area contributed by atoms with E-state index in [-0.39, 0.29) is 12.2 Å². The van der Waals surface area contributed by atoms with E-state index in [1.807, 2.05) is 0 Å². The third-order valence-electron chi connectivity index (χ3n) is 3.36. The number of hydrogen-bond donors (Lipinski definition) is 1. The lowest BCUT2D eigenvalue weighted by atomic mass is 9.95. The van der Waals surface area contributed by atoms with Crippen LogP contribution in [0.15, 0.2) is 0 Å². The molecule has 1 N–H and O–H groups in total. The number of ether oxygens (including phenoxy) is 1. The smallest absolute Gasteiger partial charge is 0.108 e. The molecule has 0 aromatic carbocycles. The molecule has 0 aliphatic heterocycles. The van der Waals surface area contributed by atoms with E-state index in [9.17, 15) is 5.11 Å². The van der Waals surface area contributed by atoms with Gasteiger partial charge in [0.25, 0.3) is 0 Å². The van der Waals surface area contributed by atoms with Crippen molar-refractivity contribution < 1.29 is 9.84 Å². The first-order valence-electron chi connectivity index (χ1n) is 6.75. The Labute approximate surface area is 105 Å². The molecule has 1 saturated carbocycles. The van der Waals surface area contributed by atoms with Crippen molar-refractivity contribution in [2.24, 2.45) is 0 Å². The van der Waals surface area contributed by atoms with Gasteiger partial charge in [-0.15, -0.1) is 0 Å². The first kappa shape index (κ1) is 14.5. The van der Waals surface area contributed by atoms with Crippen molar-refractivity contribution in [1.29, 1.82) is 0 Å². The van der Waals surface area contributed by atoms with Crippen LogP contribution in [0.1, 0.15) is 39.5 Å². The molecule has 0 aromatic heterocycles. The molecule has 0 amide bonds. The van der Waals surface area contributed by atoms with E-state index < -0.39 is 0 Å². The third-order valence-corrected chi connectivity index (χ3v) is 3.36. The fourth-order valence-electron chi connectivity index (χ4n) is 2.09. The molecule has 0 saturated heterocycles. The van der Waals surface area contributed by atoms with Gasteiger partial charge in [-0.3, -0.25) is 4.90 Å². The molecule has 0 heterocycles. The van der Waals surface area contributed by atoms with E-state index in [1.54, 1.807) is 0 Å². The van der Waals surface area contributed by atoms with E-state index >= 15 is 0 Å². The van der Waals surface area contributed by atoms with Crippen LogP contribution in [0, 0.1) is 11.8 Å². The molecule has 1 aliphatic rings. The second-order valence-electron chi connectivity index (χ2n) is 4.52. The summed E-state index contributed by atoms with van der Waals surface area (Å²) in [6, 6.07) is 0. The van der Waals surface area contributed by atoms with Gasteiger partial charge in [0.2, 0.25) is 0 Å². The topological polar surface area (TPSA) is 32.7 Å². The summed E-state index contributed by atoms with van der Waals surface area (Å²) in [5, 5.41) is 9.71. The van der Waals surface area contributed by atoms with Crippen LogP contribution in [0.4, 0.5) is 0 Å². The fourth-order valence-corrected chi connectivity index (χ4v) is 2.09. The average molecular weight is 239 g/mol. The normalized spacial score (nSPS) is 24.5. The van der Waals surface area contributed by atoms with Gasteiger partial charge in [0.1, 0.15) is 6.61 Å². The van der Waals surface area contributed by atoms with Crippen molar-refractivity contribution in [2.45, 2.75) is 51.7 Å². The van der Waals surface area contributed by atoms with Gasteiger partial charge >= 0.3 is 0 Å². The Kier molecular flexibility index (Phi) is 7.27. The summed E-state index contributed by atoms with van der Waals surface area (Å²) >= 11 is 0. The number of aliphatic hydroxyl groups excluding tert-OH is 1. The van der Waals surface area contributed by atoms with Crippen molar-refractivity contribution in [3.05, 3.63) is 0 Å². The van der Waals surface area contributed by atoms with Gasteiger partial charge in [-0.05, 0) is 25.9 Å². The molecular weight excluding hydrogens is 214 g/mol. The second kappa shape index (κ2) is 8.52. The maximum atomic E-state index is 9.71. The Morgan fingerprint density at radius 3 is 2.53 bits per heavy atom. The van der Waals surface area contributed by atoms with Crippen LogP contribution in [0.5, 0.6) is 0 Å². The van der Waals surface area contributed by atoms with Crippen LogP contribution in [0.2, 0.25) is 0 Å². The average Bonchev–Trinajstić information content (AvgIpc) is 2.36. The van der Waals surface area contributed by atoms with Gasteiger partial charge in [-0.25, -0.2) is 0 Å². The molecule has 3 heteroatoms. The first-order chi connectivity index (χ1) is 8.27. The Balaban J connectivity index is 2.16. The molecular formula is C14H25NO2. The van der Waals surface area contributed by atoms with Gasteiger partial charge in [0.05, 0.1) is 18.8 Å². The number of hydrogen-bond acceptors (Lipinski definition) is 3. The van der Waals surface area contributed by atoms with Crippen molar-refractivity contribution >= 4 is 0 Å². The van der Waals surface area contributed by atoms with Gasteiger partial charge in [0.15, 0.2) is 0 Å². The highest BCUT2D eigenvalue weighted by atomic mass is 16.5. The number of rotatable bonds is 5. The zero-order chi connectivity index (χ0) is 12.5. The molecule has 2 unspecified atom stereocenters. The molecule has 1 aliphatic carbocycles. The summed E-state index contributed by atoms with van der Waals surface area (Å²) < 4.78 is 5.60. The molecule has 0 spiro atoms. The Hall–Kier alpha value is -0.560. The van der Waals surface area contributed by atoms with Crippen LogP contribution in [0.3, 0.4) is 0 Å². The maximum Gasteiger partial charge on any atom is 0.108 e. The van der Waals surface area contributed by atoms with Gasteiger partial charge in [-0.1, -0.05) is 38.5 Å². The molecule has 98 valence electrons. The monoisotopic (exact) mass is 239 g/mol. The van der Waals surface area contributed by atoms with Gasteiger partial charge in [-0.2, -0.15) is 0 Å². The maximum absolute atomic E-state index is 9.71. The molecule has 2 atom stereocenters. The largest absolute Gasteiger partial charge is 0.390 e. The minimum absolute atomic E-state index is 0.00602. The SMILES string of the molecule is CCN(CC)CC#CCOC1CCCCC1O. The van der Waals surface area contributed by atoms with Crippen LogP contribution < -0.4 is 0 Å². The van der Waals surface area contributed by atoms with E-state index in [0.29, 0.717) is 6.61 Å². The molecule has 0 bridgehead atoms. The summed E-state index contributed by atoms with van der Waals surface area (Å²) in [5.41, 5.74) is 0. The lowest BCUT2D eigenvalue weighted by Gasteiger charge is -2.26. The third kappa shape index (κ3) is 5.54. The van der Waals surface area contributed by atoms with Crippen LogP contribution in [-0.4, -0.2) is 48.5 Å². The molecule has 1 rings (SSSR count). The Morgan fingerprint density at radius 1 is 1.18 bits per heavy atom. The van der Waals surface area contributed by atoms with E-state index in [0.717, 1.165) is 45.3 Å². The Bertz CT molecular complexity index is 253. The second-order valence-corrected chi connectivity index (χ2v) is 4.52. The van der Waals surface area contributed by atoms with Crippen molar-refractivity contribution in [1.82, 2.24) is 4.90 Å². The quantitative estimate of drug-likeness (QED) is 0.741. The highest BCUT2D eigenvalue weighted by molar-refractivity contribution is 5.01. The lowest BCUT2D eigenvalue weighted by Crippen LogP contribution is -2.32. The minimum atomic E-state index is -0.284. The van der Waals surface area contributed by atoms with Crippen LogP contribution in [0.25, 0.3) is 0 Å². The van der Waals surface area contributed by atoms with Crippen molar-refractivity contribution in [2.75, 3.05) is 26.2 Å². The molecule has 3 nitrogen and oxygen atoms in total. The molecule has 1 fully saturated rings. The first-order valence-corrected chi connectivity index (χ1v) is 6.75. The highest BCUT2D eigenvalue weighted by Crippen LogP contribution is 2.20. The van der Waals surface area contributed by atoms with E-state index in [1.165, 1.54) is 0 Å². The summed E-state index contributed by atoms with van der Waals surface area (Å²) in [4.78, 5) is 2.27. The van der Waals surface area contributed by atoms with Gasteiger partial charge in [0, 0.05) is 0 Å². The summed E-state index contributed by atoms with van der Waals surface area (Å²) in [5.74, 6) is 6.14. The van der Waals surface area contributed by atoms with Crippen molar-refractivity contribution in [3.8, 4) is 11.8 Å². The summed E-state index contributed by atoms with van der Waals surface area (Å²) in [6.45, 7) is 7.60. The predicted molar refractivity (Wildman–Crippen MR) is 69.8 cm³/mol. The molecule has 0 aromatic rings. The van der Waals surface area contributed by atoms with E-state index in [2.05, 4.69) is 30.6 Å². The van der Waals surface area contributed by atoms with E-state index in [4.69, 9.17) is 4.74 Å². The summed E-state index contributed by atoms with van der Waals surface area (Å²) in [7, 11) is 0. The van der Waals surface area contributed by atoms with Crippen LogP contribution in [-0.2, 0) is 4.74 Å². The zero-order valence-electron chi connectivity index (χ0n) is 11.1. The van der Waals surface area contributed by atoms with Gasteiger partial charge < -0.3 is 9.84 Å². The Morgan fingerprint density at radius 2 is 1.88 bits per heavy atom. The number of aliphatic hydroxyl groups is 1. The molecule has 0 radical (unpaired) electrons. The molecule has 17 heavy (non-hydrogen) atoms. The fraction of sp³-hybridized carbons (Fsp3) is 0.857. The summed E-state index contributed by atoms with van der Waals surface area (Å²) in [6.07, 6.45) is 3.85. The lowest BCUT2D eigenvalue weighted by molar-refractivity contribution is -0.0473. The minimum Gasteiger partial charge on any atom is -0.390 e. The van der Waals surface area contributed by atoms with Crippen molar-refractivity contribution in [3.63, 3.8) is 0 Å².